The minimum absolute atomic E-state index is 0.494. The summed E-state index contributed by atoms with van der Waals surface area (Å²) in [7, 11) is 0. The molecule has 1 saturated carbocycles. The molecule has 0 amide bonds. The summed E-state index contributed by atoms with van der Waals surface area (Å²) in [6.45, 7) is 8.98. The fraction of sp³-hybridized carbons (Fsp3) is 0.684. The topological polar surface area (TPSA) is 15.7 Å². The van der Waals surface area contributed by atoms with Crippen LogP contribution in [-0.2, 0) is 16.7 Å². The van der Waals surface area contributed by atoms with E-state index in [4.69, 9.17) is 4.74 Å². The lowest BCUT2D eigenvalue weighted by Crippen LogP contribution is -2.50. The number of fused-ring (bicyclic) bond motifs is 2. The number of nitrogens with zero attached hydrogens (tertiary/aromatic N) is 2. The van der Waals surface area contributed by atoms with Gasteiger partial charge in [0.05, 0.1) is 13.2 Å². The summed E-state index contributed by atoms with van der Waals surface area (Å²) in [6.07, 6.45) is 5.49. The Morgan fingerprint density at radius 2 is 1.77 bits per heavy atom. The third kappa shape index (κ3) is 2.82. The van der Waals surface area contributed by atoms with Gasteiger partial charge in [0.2, 0.25) is 0 Å². The molecule has 1 spiro atoms. The Kier molecular flexibility index (Phi) is 4.21. The zero-order valence-electron chi connectivity index (χ0n) is 13.6. The van der Waals surface area contributed by atoms with Crippen LogP contribution in [0.2, 0.25) is 0 Å². The Balaban J connectivity index is 1.36. The van der Waals surface area contributed by atoms with Crippen LogP contribution in [0.1, 0.15) is 36.8 Å². The predicted octanol–water partition coefficient (Wildman–Crippen LogP) is 2.65. The largest absolute Gasteiger partial charge is 0.379 e. The van der Waals surface area contributed by atoms with Crippen molar-refractivity contribution in [3.05, 3.63) is 35.4 Å². The van der Waals surface area contributed by atoms with Crippen molar-refractivity contribution in [3.63, 3.8) is 0 Å². The second-order valence-electron chi connectivity index (χ2n) is 7.31. The van der Waals surface area contributed by atoms with Gasteiger partial charge in [0.1, 0.15) is 0 Å². The van der Waals surface area contributed by atoms with Crippen molar-refractivity contribution >= 4 is 0 Å². The molecular formula is C19H28N2O. The van der Waals surface area contributed by atoms with Crippen LogP contribution in [0.15, 0.2) is 24.3 Å². The van der Waals surface area contributed by atoms with E-state index in [1.54, 1.807) is 11.1 Å². The molecule has 1 aromatic rings. The highest BCUT2D eigenvalue weighted by Crippen LogP contribution is 2.48. The second-order valence-corrected chi connectivity index (χ2v) is 7.31. The maximum atomic E-state index is 5.43. The van der Waals surface area contributed by atoms with E-state index in [0.29, 0.717) is 5.41 Å². The van der Waals surface area contributed by atoms with Crippen molar-refractivity contribution in [3.8, 4) is 0 Å². The van der Waals surface area contributed by atoms with Crippen LogP contribution >= 0.6 is 0 Å². The first kappa shape index (κ1) is 14.7. The van der Waals surface area contributed by atoms with Crippen LogP contribution in [0, 0.1) is 0 Å². The highest BCUT2D eigenvalue weighted by atomic mass is 16.5. The average molecular weight is 300 g/mol. The Labute approximate surface area is 134 Å². The minimum Gasteiger partial charge on any atom is -0.379 e. The molecule has 1 aromatic carbocycles. The lowest BCUT2D eigenvalue weighted by molar-refractivity contribution is 0.0345. The van der Waals surface area contributed by atoms with Crippen molar-refractivity contribution in [2.75, 3.05) is 45.9 Å². The number of benzene rings is 1. The summed E-state index contributed by atoms with van der Waals surface area (Å²) in [6, 6.07) is 9.18. The van der Waals surface area contributed by atoms with E-state index in [2.05, 4.69) is 34.1 Å². The number of morpholine rings is 1. The first-order valence-electron chi connectivity index (χ1n) is 8.97. The summed E-state index contributed by atoms with van der Waals surface area (Å²) in [5.74, 6) is 0. The highest BCUT2D eigenvalue weighted by molar-refractivity contribution is 5.38. The molecule has 0 atom stereocenters. The van der Waals surface area contributed by atoms with Gasteiger partial charge in [-0.05, 0) is 43.5 Å². The monoisotopic (exact) mass is 300 g/mol. The Morgan fingerprint density at radius 1 is 1.00 bits per heavy atom. The van der Waals surface area contributed by atoms with E-state index in [9.17, 15) is 0 Å². The molecule has 3 aliphatic rings. The molecule has 3 nitrogen and oxygen atoms in total. The maximum absolute atomic E-state index is 5.43. The number of rotatable bonds is 4. The number of hydrogen-bond acceptors (Lipinski definition) is 3. The van der Waals surface area contributed by atoms with E-state index >= 15 is 0 Å². The molecule has 0 unspecified atom stereocenters. The quantitative estimate of drug-likeness (QED) is 0.850. The van der Waals surface area contributed by atoms with Gasteiger partial charge >= 0.3 is 0 Å². The van der Waals surface area contributed by atoms with Crippen molar-refractivity contribution in [2.24, 2.45) is 0 Å². The van der Waals surface area contributed by atoms with Crippen LogP contribution in [-0.4, -0.2) is 55.7 Å². The Morgan fingerprint density at radius 3 is 2.55 bits per heavy atom. The van der Waals surface area contributed by atoms with Crippen LogP contribution in [0.25, 0.3) is 0 Å². The van der Waals surface area contributed by atoms with Gasteiger partial charge in [-0.1, -0.05) is 30.7 Å². The summed E-state index contributed by atoms with van der Waals surface area (Å²) in [4.78, 5) is 5.27. The fourth-order valence-corrected chi connectivity index (χ4v) is 4.52. The van der Waals surface area contributed by atoms with Crippen LogP contribution in [0.5, 0.6) is 0 Å². The first-order chi connectivity index (χ1) is 10.9. The molecular weight excluding hydrogens is 272 g/mol. The number of hydrogen-bond donors (Lipinski definition) is 0. The first-order valence-corrected chi connectivity index (χ1v) is 8.97. The molecule has 1 aliphatic carbocycles. The Hall–Kier alpha value is -0.900. The van der Waals surface area contributed by atoms with E-state index in [1.165, 1.54) is 45.3 Å². The lowest BCUT2D eigenvalue weighted by Gasteiger charge is -2.50. The normalized spacial score (nSPS) is 24.9. The van der Waals surface area contributed by atoms with Crippen molar-refractivity contribution < 1.29 is 4.74 Å². The molecule has 120 valence electrons. The molecule has 0 aromatic heterocycles. The zero-order chi connectivity index (χ0) is 14.8. The second kappa shape index (κ2) is 6.31. The van der Waals surface area contributed by atoms with Gasteiger partial charge in [0.25, 0.3) is 0 Å². The van der Waals surface area contributed by atoms with Gasteiger partial charge in [0.15, 0.2) is 0 Å². The van der Waals surface area contributed by atoms with Crippen molar-refractivity contribution in [2.45, 2.75) is 37.6 Å². The third-order valence-corrected chi connectivity index (χ3v) is 5.87. The molecule has 2 aliphatic heterocycles. The SMILES string of the molecule is c1ccc2c(c1)CN(CCCN1CCOCC1)CC21CCC1. The zero-order valence-corrected chi connectivity index (χ0v) is 13.6. The molecule has 0 radical (unpaired) electrons. The molecule has 0 bridgehead atoms. The molecule has 2 heterocycles. The molecule has 22 heavy (non-hydrogen) atoms. The van der Waals surface area contributed by atoms with Gasteiger partial charge in [-0.15, -0.1) is 0 Å². The van der Waals surface area contributed by atoms with E-state index in [0.717, 1.165) is 32.8 Å². The van der Waals surface area contributed by atoms with Gasteiger partial charge < -0.3 is 4.74 Å². The van der Waals surface area contributed by atoms with Crippen LogP contribution in [0.4, 0.5) is 0 Å². The lowest BCUT2D eigenvalue weighted by atomic mass is 9.61. The van der Waals surface area contributed by atoms with E-state index in [1.807, 2.05) is 0 Å². The molecule has 3 heteroatoms. The maximum Gasteiger partial charge on any atom is 0.0594 e. The molecule has 0 N–H and O–H groups in total. The van der Waals surface area contributed by atoms with E-state index in [-0.39, 0.29) is 0 Å². The van der Waals surface area contributed by atoms with Gasteiger partial charge in [-0.2, -0.15) is 0 Å². The van der Waals surface area contributed by atoms with Crippen molar-refractivity contribution in [1.82, 2.24) is 9.80 Å². The van der Waals surface area contributed by atoms with Gasteiger partial charge in [-0.3, -0.25) is 9.80 Å². The summed E-state index contributed by atoms with van der Waals surface area (Å²) >= 11 is 0. The summed E-state index contributed by atoms with van der Waals surface area (Å²) < 4.78 is 5.43. The summed E-state index contributed by atoms with van der Waals surface area (Å²) in [5.41, 5.74) is 3.74. The van der Waals surface area contributed by atoms with E-state index < -0.39 is 0 Å². The standard InChI is InChI=1S/C19H28N2O/c1-2-6-18-17(5-1)15-21(16-19(18)7-3-8-19)10-4-9-20-11-13-22-14-12-20/h1-2,5-6H,3-4,7-16H2. The average Bonchev–Trinajstić information content (AvgIpc) is 2.53. The highest BCUT2D eigenvalue weighted by Gasteiger charge is 2.43. The molecule has 2 fully saturated rings. The van der Waals surface area contributed by atoms with Crippen molar-refractivity contribution in [1.29, 1.82) is 0 Å². The third-order valence-electron chi connectivity index (χ3n) is 5.87. The number of ether oxygens (including phenoxy) is 1. The molecule has 1 saturated heterocycles. The van der Waals surface area contributed by atoms with Crippen LogP contribution < -0.4 is 0 Å². The fourth-order valence-electron chi connectivity index (χ4n) is 4.52. The Bertz CT molecular complexity index is 506. The van der Waals surface area contributed by atoms with Crippen LogP contribution in [0.3, 0.4) is 0 Å². The smallest absolute Gasteiger partial charge is 0.0594 e. The predicted molar refractivity (Wildman–Crippen MR) is 89.1 cm³/mol. The molecule has 4 rings (SSSR count). The minimum atomic E-state index is 0.494. The van der Waals surface area contributed by atoms with Gasteiger partial charge in [0, 0.05) is 31.6 Å². The summed E-state index contributed by atoms with van der Waals surface area (Å²) in [5, 5.41) is 0. The van der Waals surface area contributed by atoms with Gasteiger partial charge in [-0.25, -0.2) is 0 Å².